The summed E-state index contributed by atoms with van der Waals surface area (Å²) in [6.45, 7) is 8.16. The molecule has 1 N–H and O–H groups in total. The van der Waals surface area contributed by atoms with Gasteiger partial charge in [-0.15, -0.1) is 0 Å². The van der Waals surface area contributed by atoms with Crippen LogP contribution in [0, 0.1) is 0 Å². The Morgan fingerprint density at radius 1 is 1.32 bits per heavy atom. The van der Waals surface area contributed by atoms with Crippen molar-refractivity contribution in [1.29, 1.82) is 0 Å². The molecule has 1 unspecified atom stereocenters. The van der Waals surface area contributed by atoms with Gasteiger partial charge in [-0.3, -0.25) is 4.68 Å². The van der Waals surface area contributed by atoms with E-state index in [2.05, 4.69) is 49.5 Å². The first kappa shape index (κ1) is 13.9. The summed E-state index contributed by atoms with van der Waals surface area (Å²) in [6.07, 6.45) is 5.89. The Bertz CT molecular complexity index is 501. The summed E-state index contributed by atoms with van der Waals surface area (Å²) in [7, 11) is 0. The predicted molar refractivity (Wildman–Crippen MR) is 76.1 cm³/mol. The lowest BCUT2D eigenvalue weighted by atomic mass is 10.1. The maximum absolute atomic E-state index is 5.86. The van der Waals surface area contributed by atoms with Gasteiger partial charge < -0.3 is 9.73 Å². The lowest BCUT2D eigenvalue weighted by molar-refractivity contribution is 0.396. The molecule has 0 saturated heterocycles. The van der Waals surface area contributed by atoms with Crippen LogP contribution in [0.1, 0.15) is 43.9 Å². The number of hydrogen-bond donors (Lipinski definition) is 1. The van der Waals surface area contributed by atoms with Crippen molar-refractivity contribution in [2.75, 3.05) is 6.54 Å². The highest BCUT2D eigenvalue weighted by molar-refractivity contribution is 5.15. The molecule has 0 spiro atoms. The molecule has 0 aliphatic carbocycles. The molecular formula is C15H23N3O. The maximum atomic E-state index is 5.86. The van der Waals surface area contributed by atoms with Crippen LogP contribution in [0.2, 0.25) is 0 Å². The van der Waals surface area contributed by atoms with Crippen molar-refractivity contribution in [3.8, 4) is 0 Å². The third-order valence-corrected chi connectivity index (χ3v) is 3.28. The molecule has 2 rings (SSSR count). The van der Waals surface area contributed by atoms with Crippen LogP contribution in [0.25, 0.3) is 0 Å². The summed E-state index contributed by atoms with van der Waals surface area (Å²) >= 11 is 0. The van der Waals surface area contributed by atoms with Crippen molar-refractivity contribution in [2.45, 2.75) is 46.2 Å². The van der Waals surface area contributed by atoms with Gasteiger partial charge in [-0.1, -0.05) is 13.8 Å². The monoisotopic (exact) mass is 261 g/mol. The van der Waals surface area contributed by atoms with E-state index in [0.29, 0.717) is 0 Å². The van der Waals surface area contributed by atoms with E-state index in [-0.39, 0.29) is 6.04 Å². The van der Waals surface area contributed by atoms with Crippen molar-refractivity contribution >= 4 is 0 Å². The minimum atomic E-state index is 0.222. The normalized spacial score (nSPS) is 12.8. The molecule has 2 aromatic rings. The van der Waals surface area contributed by atoms with Gasteiger partial charge in [-0.2, -0.15) is 5.10 Å². The Morgan fingerprint density at radius 2 is 2.16 bits per heavy atom. The quantitative estimate of drug-likeness (QED) is 0.833. The second-order valence-electron chi connectivity index (χ2n) is 4.68. The number of hydrogen-bond acceptors (Lipinski definition) is 3. The van der Waals surface area contributed by atoms with E-state index >= 15 is 0 Å². The van der Waals surface area contributed by atoms with Gasteiger partial charge in [-0.25, -0.2) is 0 Å². The van der Waals surface area contributed by atoms with Crippen LogP contribution < -0.4 is 5.32 Å². The molecule has 0 aliphatic rings. The molecule has 0 saturated carbocycles. The molecule has 2 heterocycles. The summed E-state index contributed by atoms with van der Waals surface area (Å²) in [5.41, 5.74) is 1.24. The zero-order valence-corrected chi connectivity index (χ0v) is 12.0. The molecule has 0 amide bonds. The van der Waals surface area contributed by atoms with Gasteiger partial charge in [0.25, 0.3) is 0 Å². The molecule has 0 aromatic carbocycles. The van der Waals surface area contributed by atoms with Gasteiger partial charge in [0.15, 0.2) is 0 Å². The lowest BCUT2D eigenvalue weighted by Gasteiger charge is -2.14. The number of nitrogens with one attached hydrogen (secondary N) is 1. The van der Waals surface area contributed by atoms with Gasteiger partial charge in [0.05, 0.1) is 12.2 Å². The van der Waals surface area contributed by atoms with E-state index in [1.807, 2.05) is 10.9 Å². The van der Waals surface area contributed by atoms with E-state index in [1.54, 1.807) is 0 Å². The van der Waals surface area contributed by atoms with Crippen LogP contribution in [-0.4, -0.2) is 16.3 Å². The van der Waals surface area contributed by atoms with Crippen molar-refractivity contribution < 1.29 is 4.42 Å². The fourth-order valence-electron chi connectivity index (χ4n) is 2.21. The van der Waals surface area contributed by atoms with Crippen molar-refractivity contribution in [3.63, 3.8) is 0 Å². The Kier molecular flexibility index (Phi) is 4.80. The average Bonchev–Trinajstić information content (AvgIpc) is 3.06. The SMILES string of the molecule is CCNC(Cc1cnn(CC)c1)c1ccc(CC)o1. The van der Waals surface area contributed by atoms with E-state index in [9.17, 15) is 0 Å². The van der Waals surface area contributed by atoms with Crippen molar-refractivity contribution in [1.82, 2.24) is 15.1 Å². The second-order valence-corrected chi connectivity index (χ2v) is 4.68. The fraction of sp³-hybridized carbons (Fsp3) is 0.533. The van der Waals surface area contributed by atoms with Gasteiger partial charge >= 0.3 is 0 Å². The Labute approximate surface area is 114 Å². The maximum Gasteiger partial charge on any atom is 0.121 e. The largest absolute Gasteiger partial charge is 0.464 e. The summed E-state index contributed by atoms with van der Waals surface area (Å²) < 4.78 is 7.82. The molecule has 0 aliphatic heterocycles. The summed E-state index contributed by atoms with van der Waals surface area (Å²) in [5.74, 6) is 2.06. The molecule has 2 aromatic heterocycles. The standard InChI is InChI=1S/C15H23N3O/c1-4-13-7-8-15(19-13)14(16-5-2)9-12-10-17-18(6-3)11-12/h7-8,10-11,14,16H,4-6,9H2,1-3H3. The highest BCUT2D eigenvalue weighted by Gasteiger charge is 2.16. The molecule has 4 nitrogen and oxygen atoms in total. The van der Waals surface area contributed by atoms with Crippen LogP contribution in [-0.2, 0) is 19.4 Å². The van der Waals surface area contributed by atoms with Gasteiger partial charge in [0.1, 0.15) is 11.5 Å². The van der Waals surface area contributed by atoms with Crippen LogP contribution >= 0.6 is 0 Å². The minimum absolute atomic E-state index is 0.222. The number of aromatic nitrogens is 2. The lowest BCUT2D eigenvalue weighted by Crippen LogP contribution is -2.22. The van der Waals surface area contributed by atoms with Gasteiger partial charge in [-0.05, 0) is 37.6 Å². The molecule has 1 atom stereocenters. The van der Waals surface area contributed by atoms with Crippen molar-refractivity contribution in [3.05, 3.63) is 41.6 Å². The molecular weight excluding hydrogens is 238 g/mol. The van der Waals surface area contributed by atoms with E-state index in [1.165, 1.54) is 5.56 Å². The summed E-state index contributed by atoms with van der Waals surface area (Å²) in [5, 5.41) is 7.80. The fourth-order valence-corrected chi connectivity index (χ4v) is 2.21. The van der Waals surface area contributed by atoms with Crippen LogP contribution in [0.15, 0.2) is 28.9 Å². The van der Waals surface area contributed by atoms with Gasteiger partial charge in [0, 0.05) is 19.2 Å². The summed E-state index contributed by atoms with van der Waals surface area (Å²) in [4.78, 5) is 0. The number of aryl methyl sites for hydroxylation is 2. The first-order valence-corrected chi connectivity index (χ1v) is 7.10. The summed E-state index contributed by atoms with van der Waals surface area (Å²) in [6, 6.07) is 4.37. The highest BCUT2D eigenvalue weighted by atomic mass is 16.3. The topological polar surface area (TPSA) is 43.0 Å². The predicted octanol–water partition coefficient (Wildman–Crippen LogP) is 2.95. The molecule has 104 valence electrons. The molecule has 0 radical (unpaired) electrons. The number of likely N-dealkylation sites (N-methyl/N-ethyl adjacent to an activating group) is 1. The Morgan fingerprint density at radius 3 is 2.74 bits per heavy atom. The average molecular weight is 261 g/mol. The Balaban J connectivity index is 2.10. The zero-order chi connectivity index (χ0) is 13.7. The van der Waals surface area contributed by atoms with E-state index in [0.717, 1.165) is 37.5 Å². The minimum Gasteiger partial charge on any atom is -0.464 e. The highest BCUT2D eigenvalue weighted by Crippen LogP contribution is 2.21. The zero-order valence-electron chi connectivity index (χ0n) is 12.0. The van der Waals surface area contributed by atoms with Crippen LogP contribution in [0.3, 0.4) is 0 Å². The van der Waals surface area contributed by atoms with Crippen LogP contribution in [0.5, 0.6) is 0 Å². The smallest absolute Gasteiger partial charge is 0.121 e. The van der Waals surface area contributed by atoms with Gasteiger partial charge in [0.2, 0.25) is 0 Å². The molecule has 19 heavy (non-hydrogen) atoms. The Hall–Kier alpha value is -1.55. The number of nitrogens with zero attached hydrogens (tertiary/aromatic N) is 2. The molecule has 0 bridgehead atoms. The third-order valence-electron chi connectivity index (χ3n) is 3.28. The number of rotatable bonds is 7. The first-order valence-electron chi connectivity index (χ1n) is 7.10. The second kappa shape index (κ2) is 6.57. The van der Waals surface area contributed by atoms with E-state index in [4.69, 9.17) is 4.42 Å². The van der Waals surface area contributed by atoms with Crippen LogP contribution in [0.4, 0.5) is 0 Å². The van der Waals surface area contributed by atoms with Crippen molar-refractivity contribution in [2.24, 2.45) is 0 Å². The first-order chi connectivity index (χ1) is 9.26. The molecule has 4 heteroatoms. The van der Waals surface area contributed by atoms with E-state index < -0.39 is 0 Å². The molecule has 0 fully saturated rings. The number of furan rings is 1. The third kappa shape index (κ3) is 3.47.